The van der Waals surface area contributed by atoms with Crippen LogP contribution >= 0.6 is 0 Å². The first-order chi connectivity index (χ1) is 12.9. The summed E-state index contributed by atoms with van der Waals surface area (Å²) in [6.07, 6.45) is 1.68. The maximum Gasteiger partial charge on any atom is 0.322 e. The smallest absolute Gasteiger partial charge is 0.322 e. The van der Waals surface area contributed by atoms with Gasteiger partial charge in [-0.2, -0.15) is 0 Å². The Labute approximate surface area is 160 Å². The van der Waals surface area contributed by atoms with Gasteiger partial charge in [0, 0.05) is 12.6 Å². The molecule has 0 saturated heterocycles. The van der Waals surface area contributed by atoms with Gasteiger partial charge >= 0.3 is 6.03 Å². The van der Waals surface area contributed by atoms with Gasteiger partial charge < -0.3 is 15.0 Å². The lowest BCUT2D eigenvalue weighted by Gasteiger charge is -2.33. The minimum absolute atomic E-state index is 0.0129. The Kier molecular flexibility index (Phi) is 5.26. The van der Waals surface area contributed by atoms with E-state index in [2.05, 4.69) is 32.7 Å². The predicted molar refractivity (Wildman–Crippen MR) is 104 cm³/mol. The first-order valence-corrected chi connectivity index (χ1v) is 9.25. The van der Waals surface area contributed by atoms with E-state index in [-0.39, 0.29) is 18.0 Å². The van der Waals surface area contributed by atoms with Crippen LogP contribution in [0.1, 0.15) is 32.4 Å². The maximum atomic E-state index is 13.3. The van der Waals surface area contributed by atoms with Crippen molar-refractivity contribution in [1.29, 1.82) is 0 Å². The fraction of sp³-hybridized carbons (Fsp3) is 0.429. The number of urea groups is 1. The molecule has 2 aliphatic rings. The largest absolute Gasteiger partial charge is 0.497 e. The zero-order valence-electron chi connectivity index (χ0n) is 16.4. The molecule has 0 fully saturated rings. The van der Waals surface area contributed by atoms with Crippen molar-refractivity contribution in [3.63, 3.8) is 0 Å². The summed E-state index contributed by atoms with van der Waals surface area (Å²) in [6, 6.07) is 6.87. The van der Waals surface area contributed by atoms with Gasteiger partial charge in [-0.05, 0) is 30.5 Å². The van der Waals surface area contributed by atoms with Gasteiger partial charge in [-0.3, -0.25) is 9.69 Å². The van der Waals surface area contributed by atoms with Gasteiger partial charge in [-0.1, -0.05) is 32.1 Å². The molecule has 0 saturated carbocycles. The molecule has 6 nitrogen and oxygen atoms in total. The molecule has 2 heterocycles. The number of rotatable bonds is 6. The van der Waals surface area contributed by atoms with E-state index in [9.17, 15) is 9.59 Å². The minimum Gasteiger partial charge on any atom is -0.497 e. The van der Waals surface area contributed by atoms with Crippen LogP contribution in [0.2, 0.25) is 0 Å². The predicted octanol–water partition coefficient (Wildman–Crippen LogP) is 3.09. The molecule has 27 heavy (non-hydrogen) atoms. The van der Waals surface area contributed by atoms with E-state index in [4.69, 9.17) is 4.74 Å². The van der Waals surface area contributed by atoms with Crippen LogP contribution in [-0.4, -0.2) is 48.0 Å². The third kappa shape index (κ3) is 3.31. The summed E-state index contributed by atoms with van der Waals surface area (Å²) in [5.41, 5.74) is 2.29. The SMILES string of the molecule is C=CCN1C(=O)NC(c2ccc(OC)cc2)C2=C1CN(C(C)C(C)C)C2=O. The third-order valence-electron chi connectivity index (χ3n) is 5.47. The highest BCUT2D eigenvalue weighted by atomic mass is 16.5. The molecule has 144 valence electrons. The highest BCUT2D eigenvalue weighted by Crippen LogP contribution is 2.38. The molecule has 2 aliphatic heterocycles. The highest BCUT2D eigenvalue weighted by Gasteiger charge is 2.45. The lowest BCUT2D eigenvalue weighted by Crippen LogP contribution is -2.47. The number of methoxy groups -OCH3 is 1. The molecule has 0 aromatic heterocycles. The Bertz CT molecular complexity index is 782. The normalized spacial score (nSPS) is 20.7. The lowest BCUT2D eigenvalue weighted by molar-refractivity contribution is -0.128. The van der Waals surface area contributed by atoms with Crippen molar-refractivity contribution in [2.75, 3.05) is 20.2 Å². The molecule has 0 radical (unpaired) electrons. The second kappa shape index (κ2) is 7.47. The van der Waals surface area contributed by atoms with Gasteiger partial charge in [0.1, 0.15) is 5.75 Å². The van der Waals surface area contributed by atoms with Gasteiger partial charge in [0.25, 0.3) is 5.91 Å². The van der Waals surface area contributed by atoms with E-state index in [1.165, 1.54) is 0 Å². The first kappa shape index (κ1) is 19.0. The van der Waals surface area contributed by atoms with Crippen LogP contribution < -0.4 is 10.1 Å². The number of carbonyl (C=O) groups excluding carboxylic acids is 2. The zero-order chi connectivity index (χ0) is 19.7. The number of hydrogen-bond donors (Lipinski definition) is 1. The molecule has 0 bridgehead atoms. The van der Waals surface area contributed by atoms with Gasteiger partial charge in [0.15, 0.2) is 0 Å². The van der Waals surface area contributed by atoms with Crippen LogP contribution in [0.4, 0.5) is 4.79 Å². The van der Waals surface area contributed by atoms with Gasteiger partial charge in [-0.25, -0.2) is 4.79 Å². The standard InChI is InChI=1S/C21H27N3O3/c1-6-11-23-17-12-24(14(4)13(2)3)20(25)18(17)19(22-21(23)26)15-7-9-16(27-5)10-8-15/h6-10,13-14,19H,1,11-12H2,2-5H3,(H,22,26). The summed E-state index contributed by atoms with van der Waals surface area (Å²) in [7, 11) is 1.61. The molecule has 1 aromatic rings. The number of carbonyl (C=O) groups is 2. The highest BCUT2D eigenvalue weighted by molar-refractivity contribution is 6.01. The van der Waals surface area contributed by atoms with Gasteiger partial charge in [0.2, 0.25) is 0 Å². The Morgan fingerprint density at radius 1 is 1.26 bits per heavy atom. The van der Waals surface area contributed by atoms with Crippen LogP contribution in [-0.2, 0) is 4.79 Å². The molecule has 6 heteroatoms. The fourth-order valence-electron chi connectivity index (χ4n) is 3.57. The van der Waals surface area contributed by atoms with Crippen molar-refractivity contribution in [2.45, 2.75) is 32.9 Å². The minimum atomic E-state index is -0.462. The van der Waals surface area contributed by atoms with Crippen molar-refractivity contribution in [3.8, 4) is 5.75 Å². The van der Waals surface area contributed by atoms with E-state index in [1.54, 1.807) is 18.1 Å². The van der Waals surface area contributed by atoms with Crippen LogP contribution in [0.3, 0.4) is 0 Å². The number of nitrogens with zero attached hydrogens (tertiary/aromatic N) is 2. The fourth-order valence-corrected chi connectivity index (χ4v) is 3.57. The quantitative estimate of drug-likeness (QED) is 0.784. The zero-order valence-corrected chi connectivity index (χ0v) is 16.4. The summed E-state index contributed by atoms with van der Waals surface area (Å²) in [6.45, 7) is 10.8. The van der Waals surface area contributed by atoms with Crippen LogP contribution in [0, 0.1) is 5.92 Å². The van der Waals surface area contributed by atoms with E-state index in [1.807, 2.05) is 29.2 Å². The summed E-state index contributed by atoms with van der Waals surface area (Å²) in [4.78, 5) is 29.5. The molecule has 3 amide bonds. The third-order valence-corrected chi connectivity index (χ3v) is 5.47. The second-order valence-corrected chi connectivity index (χ2v) is 7.33. The Hall–Kier alpha value is -2.76. The molecule has 2 unspecified atom stereocenters. The molecule has 2 atom stereocenters. The van der Waals surface area contributed by atoms with Crippen LogP contribution in [0.15, 0.2) is 48.2 Å². The molecular formula is C21H27N3O3. The average molecular weight is 369 g/mol. The summed E-state index contributed by atoms with van der Waals surface area (Å²) in [5, 5.41) is 2.99. The molecule has 1 aromatic carbocycles. The Balaban J connectivity index is 2.03. The van der Waals surface area contributed by atoms with Crippen molar-refractivity contribution in [3.05, 3.63) is 53.8 Å². The first-order valence-electron chi connectivity index (χ1n) is 9.25. The summed E-state index contributed by atoms with van der Waals surface area (Å²) < 4.78 is 5.22. The molecular weight excluding hydrogens is 342 g/mol. The van der Waals surface area contributed by atoms with E-state index in [0.717, 1.165) is 17.0 Å². The summed E-state index contributed by atoms with van der Waals surface area (Å²) in [5.74, 6) is 1.04. The number of ether oxygens (including phenoxy) is 1. The van der Waals surface area contributed by atoms with Crippen molar-refractivity contribution >= 4 is 11.9 Å². The molecule has 0 spiro atoms. The van der Waals surface area contributed by atoms with Crippen molar-refractivity contribution in [2.24, 2.45) is 5.92 Å². The Morgan fingerprint density at radius 2 is 1.93 bits per heavy atom. The van der Waals surface area contributed by atoms with Gasteiger partial charge in [0.05, 0.1) is 31.0 Å². The topological polar surface area (TPSA) is 61.9 Å². The molecule has 0 aliphatic carbocycles. The van der Waals surface area contributed by atoms with Gasteiger partial charge in [-0.15, -0.1) is 6.58 Å². The number of nitrogens with one attached hydrogen (secondary N) is 1. The number of hydrogen-bond acceptors (Lipinski definition) is 3. The molecule has 1 N–H and O–H groups in total. The average Bonchev–Trinajstić information content (AvgIpc) is 3.00. The maximum absolute atomic E-state index is 13.3. The lowest BCUT2D eigenvalue weighted by atomic mass is 9.95. The number of benzene rings is 1. The van der Waals surface area contributed by atoms with Crippen molar-refractivity contribution < 1.29 is 14.3 Å². The van der Waals surface area contributed by atoms with Crippen LogP contribution in [0.25, 0.3) is 0 Å². The van der Waals surface area contributed by atoms with E-state index >= 15 is 0 Å². The van der Waals surface area contributed by atoms with E-state index < -0.39 is 6.04 Å². The Morgan fingerprint density at radius 3 is 2.48 bits per heavy atom. The van der Waals surface area contributed by atoms with Crippen molar-refractivity contribution in [1.82, 2.24) is 15.1 Å². The molecule has 3 rings (SSSR count). The monoisotopic (exact) mass is 369 g/mol. The second-order valence-electron chi connectivity index (χ2n) is 7.33. The van der Waals surface area contributed by atoms with E-state index in [0.29, 0.717) is 24.6 Å². The number of amides is 3. The van der Waals surface area contributed by atoms with Crippen LogP contribution in [0.5, 0.6) is 5.75 Å². The summed E-state index contributed by atoms with van der Waals surface area (Å²) >= 11 is 0.